The number of carbonyl (C=O) groups is 1. The molecule has 1 amide bonds. The SMILES string of the molecule is CCC(C)C(=O)NCCOCCOCCOCCN. The van der Waals surface area contributed by atoms with Crippen molar-refractivity contribution >= 4 is 5.91 Å². The molecule has 3 N–H and O–H groups in total. The Morgan fingerprint density at radius 2 is 1.58 bits per heavy atom. The fraction of sp³-hybridized carbons (Fsp3) is 0.923. The average Bonchev–Trinajstić information content (AvgIpc) is 2.43. The molecule has 0 radical (unpaired) electrons. The Kier molecular flexibility index (Phi) is 13.2. The van der Waals surface area contributed by atoms with E-state index in [1.165, 1.54) is 0 Å². The lowest BCUT2D eigenvalue weighted by Gasteiger charge is -2.10. The van der Waals surface area contributed by atoms with Gasteiger partial charge in [0.1, 0.15) is 0 Å². The zero-order valence-electron chi connectivity index (χ0n) is 12.2. The number of nitrogens with one attached hydrogen (secondary N) is 1. The van der Waals surface area contributed by atoms with Gasteiger partial charge in [-0.1, -0.05) is 13.8 Å². The number of carbonyl (C=O) groups excluding carboxylic acids is 1. The van der Waals surface area contributed by atoms with Crippen molar-refractivity contribution in [3.05, 3.63) is 0 Å². The van der Waals surface area contributed by atoms with Crippen molar-refractivity contribution in [2.75, 3.05) is 52.7 Å². The average molecular weight is 276 g/mol. The second-order valence-electron chi connectivity index (χ2n) is 4.23. The normalized spacial score (nSPS) is 12.4. The minimum Gasteiger partial charge on any atom is -0.378 e. The molecule has 0 aliphatic heterocycles. The molecule has 0 aromatic heterocycles. The summed E-state index contributed by atoms with van der Waals surface area (Å²) in [6.45, 7) is 8.23. The lowest BCUT2D eigenvalue weighted by Crippen LogP contribution is -2.31. The minimum atomic E-state index is 0.0665. The summed E-state index contributed by atoms with van der Waals surface area (Å²) in [5.74, 6) is 0.149. The quantitative estimate of drug-likeness (QED) is 0.468. The van der Waals surface area contributed by atoms with Gasteiger partial charge in [0.15, 0.2) is 0 Å². The predicted octanol–water partition coefficient (Wildman–Crippen LogP) is 0.157. The van der Waals surface area contributed by atoms with E-state index in [0.29, 0.717) is 52.7 Å². The summed E-state index contributed by atoms with van der Waals surface area (Å²) in [5.41, 5.74) is 5.27. The first-order valence-electron chi connectivity index (χ1n) is 6.93. The fourth-order valence-corrected chi connectivity index (χ4v) is 1.23. The van der Waals surface area contributed by atoms with E-state index in [4.69, 9.17) is 19.9 Å². The van der Waals surface area contributed by atoms with Crippen molar-refractivity contribution in [3.8, 4) is 0 Å². The van der Waals surface area contributed by atoms with Gasteiger partial charge in [-0.15, -0.1) is 0 Å². The van der Waals surface area contributed by atoms with Gasteiger partial charge in [0.25, 0.3) is 0 Å². The second kappa shape index (κ2) is 13.7. The first-order chi connectivity index (χ1) is 9.22. The van der Waals surface area contributed by atoms with Crippen LogP contribution < -0.4 is 11.1 Å². The van der Waals surface area contributed by atoms with Crippen LogP contribution in [0.1, 0.15) is 20.3 Å². The largest absolute Gasteiger partial charge is 0.378 e. The number of rotatable bonds is 13. The Hall–Kier alpha value is -0.690. The standard InChI is InChI=1S/C13H28N2O4/c1-3-12(2)13(16)15-5-7-18-9-11-19-10-8-17-6-4-14/h12H,3-11,14H2,1-2H3,(H,15,16). The molecular formula is C13H28N2O4. The van der Waals surface area contributed by atoms with Crippen LogP contribution in [0.4, 0.5) is 0 Å². The number of hydrogen-bond donors (Lipinski definition) is 2. The van der Waals surface area contributed by atoms with E-state index < -0.39 is 0 Å². The lowest BCUT2D eigenvalue weighted by atomic mass is 10.1. The van der Waals surface area contributed by atoms with Crippen LogP contribution in [0.3, 0.4) is 0 Å². The minimum absolute atomic E-state index is 0.0665. The molecule has 0 spiro atoms. The van der Waals surface area contributed by atoms with Crippen molar-refractivity contribution in [2.45, 2.75) is 20.3 Å². The Labute approximate surface area is 116 Å². The van der Waals surface area contributed by atoms with Crippen LogP contribution in [0.15, 0.2) is 0 Å². The highest BCUT2D eigenvalue weighted by Crippen LogP contribution is 1.98. The topological polar surface area (TPSA) is 82.8 Å². The van der Waals surface area contributed by atoms with Crippen LogP contribution in [-0.4, -0.2) is 58.6 Å². The van der Waals surface area contributed by atoms with Crippen LogP contribution in [0.2, 0.25) is 0 Å². The zero-order chi connectivity index (χ0) is 14.3. The van der Waals surface area contributed by atoms with E-state index in [-0.39, 0.29) is 11.8 Å². The maximum atomic E-state index is 11.4. The Morgan fingerprint density at radius 3 is 2.11 bits per heavy atom. The summed E-state index contributed by atoms with van der Waals surface area (Å²) in [6, 6.07) is 0. The molecule has 0 saturated heterocycles. The monoisotopic (exact) mass is 276 g/mol. The maximum absolute atomic E-state index is 11.4. The van der Waals surface area contributed by atoms with Crippen LogP contribution in [0.5, 0.6) is 0 Å². The molecule has 0 saturated carbocycles. The summed E-state index contributed by atoms with van der Waals surface area (Å²) in [6.07, 6.45) is 0.854. The highest BCUT2D eigenvalue weighted by atomic mass is 16.5. The summed E-state index contributed by atoms with van der Waals surface area (Å²) in [4.78, 5) is 11.4. The molecule has 0 aromatic rings. The molecule has 6 heteroatoms. The Morgan fingerprint density at radius 1 is 1.05 bits per heavy atom. The molecule has 0 aliphatic rings. The van der Waals surface area contributed by atoms with Gasteiger partial charge in [0.2, 0.25) is 5.91 Å². The Bertz CT molecular complexity index is 215. The molecule has 0 bridgehead atoms. The van der Waals surface area contributed by atoms with Gasteiger partial charge in [-0.2, -0.15) is 0 Å². The van der Waals surface area contributed by atoms with Crippen molar-refractivity contribution in [1.29, 1.82) is 0 Å². The molecule has 19 heavy (non-hydrogen) atoms. The molecule has 1 unspecified atom stereocenters. The first kappa shape index (κ1) is 18.3. The van der Waals surface area contributed by atoms with Gasteiger partial charge < -0.3 is 25.3 Å². The molecule has 1 atom stereocenters. The van der Waals surface area contributed by atoms with Crippen LogP contribution in [-0.2, 0) is 19.0 Å². The number of nitrogens with two attached hydrogens (primary N) is 1. The van der Waals surface area contributed by atoms with Gasteiger partial charge >= 0.3 is 0 Å². The summed E-state index contributed by atoms with van der Waals surface area (Å²) < 4.78 is 15.8. The molecule has 114 valence electrons. The van der Waals surface area contributed by atoms with Crippen molar-refractivity contribution in [1.82, 2.24) is 5.32 Å². The van der Waals surface area contributed by atoms with E-state index >= 15 is 0 Å². The van der Waals surface area contributed by atoms with Gasteiger partial charge in [-0.3, -0.25) is 4.79 Å². The van der Waals surface area contributed by atoms with E-state index in [2.05, 4.69) is 5.32 Å². The molecule has 0 aromatic carbocycles. The predicted molar refractivity (Wildman–Crippen MR) is 74.0 cm³/mol. The molecule has 0 heterocycles. The lowest BCUT2D eigenvalue weighted by molar-refractivity contribution is -0.124. The smallest absolute Gasteiger partial charge is 0.222 e. The Balaban J connectivity index is 3.13. The van der Waals surface area contributed by atoms with E-state index in [1.54, 1.807) is 0 Å². The third-order valence-corrected chi connectivity index (χ3v) is 2.61. The maximum Gasteiger partial charge on any atom is 0.222 e. The molecular weight excluding hydrogens is 248 g/mol. The number of ether oxygens (including phenoxy) is 3. The van der Waals surface area contributed by atoms with E-state index in [1.807, 2.05) is 13.8 Å². The van der Waals surface area contributed by atoms with E-state index in [9.17, 15) is 4.79 Å². The van der Waals surface area contributed by atoms with Crippen molar-refractivity contribution < 1.29 is 19.0 Å². The summed E-state index contributed by atoms with van der Waals surface area (Å²) >= 11 is 0. The highest BCUT2D eigenvalue weighted by molar-refractivity contribution is 5.78. The van der Waals surface area contributed by atoms with Crippen LogP contribution in [0, 0.1) is 5.92 Å². The molecule has 0 fully saturated rings. The van der Waals surface area contributed by atoms with Gasteiger partial charge in [-0.25, -0.2) is 0 Å². The van der Waals surface area contributed by atoms with Gasteiger partial charge in [0, 0.05) is 19.0 Å². The summed E-state index contributed by atoms with van der Waals surface area (Å²) in [7, 11) is 0. The summed E-state index contributed by atoms with van der Waals surface area (Å²) in [5, 5.41) is 2.82. The van der Waals surface area contributed by atoms with Crippen molar-refractivity contribution in [2.24, 2.45) is 11.7 Å². The van der Waals surface area contributed by atoms with Crippen LogP contribution >= 0.6 is 0 Å². The van der Waals surface area contributed by atoms with Gasteiger partial charge in [-0.05, 0) is 6.42 Å². The zero-order valence-corrected chi connectivity index (χ0v) is 12.2. The first-order valence-corrected chi connectivity index (χ1v) is 6.93. The van der Waals surface area contributed by atoms with Crippen molar-refractivity contribution in [3.63, 3.8) is 0 Å². The number of hydrogen-bond acceptors (Lipinski definition) is 5. The third-order valence-electron chi connectivity index (χ3n) is 2.61. The van der Waals surface area contributed by atoms with Crippen LogP contribution in [0.25, 0.3) is 0 Å². The third kappa shape index (κ3) is 12.1. The van der Waals surface area contributed by atoms with Gasteiger partial charge in [0.05, 0.1) is 39.6 Å². The molecule has 0 rings (SSSR count). The highest BCUT2D eigenvalue weighted by Gasteiger charge is 2.08. The second-order valence-corrected chi connectivity index (χ2v) is 4.23. The molecule has 0 aliphatic carbocycles. The molecule has 6 nitrogen and oxygen atoms in total. The van der Waals surface area contributed by atoms with E-state index in [0.717, 1.165) is 6.42 Å². The fourth-order valence-electron chi connectivity index (χ4n) is 1.23. The number of amides is 1.